The van der Waals surface area contributed by atoms with Gasteiger partial charge in [0, 0.05) is 61.4 Å². The van der Waals surface area contributed by atoms with Gasteiger partial charge in [0.1, 0.15) is 23.8 Å². The molecular formula is C44H34Cl3MnN6O4S2-. The molecule has 0 fully saturated rings. The Labute approximate surface area is 382 Å². The van der Waals surface area contributed by atoms with Crippen LogP contribution < -0.4 is 46.4 Å². The average molecular weight is 936 g/mol. The Morgan fingerprint density at radius 3 is 1.13 bits per heavy atom. The maximum atomic E-state index is 12.4. The van der Waals surface area contributed by atoms with E-state index in [1.54, 1.807) is 46.9 Å². The third kappa shape index (κ3) is 8.48. The quantitative estimate of drug-likeness (QED) is 0.134. The largest absolute Gasteiger partial charge is 1.00 e. The fraction of sp³-hybridized carbons (Fsp3) is 0.0909. The summed E-state index contributed by atoms with van der Waals surface area (Å²) in [4.78, 5) is 45.0. The maximum Gasteiger partial charge on any atom is 0.337 e. The zero-order valence-corrected chi connectivity index (χ0v) is 37.4. The van der Waals surface area contributed by atoms with Crippen molar-refractivity contribution in [3.05, 3.63) is 130 Å². The molecule has 5 aromatic heterocycles. The summed E-state index contributed by atoms with van der Waals surface area (Å²) >= 11 is 3.27. The number of nitrogens with one attached hydrogen (secondary N) is 2. The predicted molar refractivity (Wildman–Crippen MR) is 221 cm³/mol. The number of rotatable bonds is 6. The van der Waals surface area contributed by atoms with E-state index in [4.69, 9.17) is 19.4 Å². The number of carbonyl (C=O) groups excluding carboxylic acids is 2. The fourth-order valence-electron chi connectivity index (χ4n) is 7.13. The van der Waals surface area contributed by atoms with Crippen LogP contribution in [0.5, 0.6) is 0 Å². The molecule has 60 heavy (non-hydrogen) atoms. The van der Waals surface area contributed by atoms with Gasteiger partial charge in [0.2, 0.25) is 11.0 Å². The summed E-state index contributed by atoms with van der Waals surface area (Å²) < 4.78 is 14.1. The molecule has 7 heterocycles. The second-order valence-electron chi connectivity index (χ2n) is 13.4. The molecule has 0 amide bonds. The molecule has 2 aliphatic heterocycles. The Morgan fingerprint density at radius 2 is 0.833 bits per heavy atom. The summed E-state index contributed by atoms with van der Waals surface area (Å²) in [6, 6.07) is 23.1. The minimum Gasteiger partial charge on any atom is -1.00 e. The molecule has 0 saturated heterocycles. The van der Waals surface area contributed by atoms with Gasteiger partial charge in [-0.15, -0.1) is 0 Å². The zero-order valence-electron chi connectivity index (χ0n) is 32.3. The number of methoxy groups -OCH3 is 2. The first-order valence-corrected chi connectivity index (χ1v) is 19.5. The Hall–Kier alpha value is -5.37. The molecule has 16 heteroatoms. The maximum absolute atomic E-state index is 12.4. The van der Waals surface area contributed by atoms with Crippen LogP contribution in [0.4, 0.5) is 0 Å². The van der Waals surface area contributed by atoms with E-state index >= 15 is 0 Å². The van der Waals surface area contributed by atoms with Gasteiger partial charge in [-0.2, -0.15) is 9.13 Å². The molecule has 2 aliphatic rings. The van der Waals surface area contributed by atoms with Crippen LogP contribution in [0.3, 0.4) is 0 Å². The van der Waals surface area contributed by atoms with Gasteiger partial charge < -0.3 is 56.7 Å². The normalized spacial score (nSPS) is 11.1. The van der Waals surface area contributed by atoms with Crippen LogP contribution in [0.25, 0.3) is 89.5 Å². The van der Waals surface area contributed by atoms with Crippen LogP contribution in [0.15, 0.2) is 96.2 Å². The zero-order chi connectivity index (χ0) is 38.5. The number of fused-ring (bicyclic) bond motifs is 8. The van der Waals surface area contributed by atoms with E-state index in [1.165, 1.54) is 14.2 Å². The first-order chi connectivity index (χ1) is 27.3. The van der Waals surface area contributed by atoms with Crippen molar-refractivity contribution in [2.24, 2.45) is 14.1 Å². The van der Waals surface area contributed by atoms with Crippen molar-refractivity contribution in [1.29, 1.82) is 0 Å². The molecule has 8 bridgehead atoms. The Bertz CT molecular complexity index is 2770. The summed E-state index contributed by atoms with van der Waals surface area (Å²) in [5.41, 5.74) is 17.1. The van der Waals surface area contributed by atoms with E-state index in [-0.39, 0.29) is 54.3 Å². The van der Waals surface area contributed by atoms with E-state index in [1.807, 2.05) is 59.6 Å². The van der Waals surface area contributed by atoms with Gasteiger partial charge in [-0.05, 0) is 84.0 Å². The molecule has 1 radical (unpaired) electrons. The van der Waals surface area contributed by atoms with Crippen molar-refractivity contribution >= 4 is 81.0 Å². The molecule has 0 saturated carbocycles. The summed E-state index contributed by atoms with van der Waals surface area (Å²) in [7, 11) is 6.78. The molecule has 2 N–H and O–H groups in total. The minimum atomic E-state index is -0.396. The molecule has 305 valence electrons. The van der Waals surface area contributed by atoms with Gasteiger partial charge in [0.25, 0.3) is 0 Å². The number of benzene rings is 2. The molecule has 7 aromatic rings. The Kier molecular flexibility index (Phi) is 14.4. The van der Waals surface area contributed by atoms with Crippen LogP contribution in [0.2, 0.25) is 0 Å². The van der Waals surface area contributed by atoms with E-state index in [0.29, 0.717) is 11.1 Å². The van der Waals surface area contributed by atoms with Crippen molar-refractivity contribution in [3.8, 4) is 43.1 Å². The molecule has 2 aromatic carbocycles. The number of ether oxygens (including phenoxy) is 2. The van der Waals surface area contributed by atoms with Crippen LogP contribution >= 0.6 is 22.7 Å². The second-order valence-corrected chi connectivity index (χ2v) is 15.2. The summed E-state index contributed by atoms with van der Waals surface area (Å²) in [5, 5.41) is 0. The van der Waals surface area contributed by atoms with E-state index in [9.17, 15) is 9.59 Å². The predicted octanol–water partition coefficient (Wildman–Crippen LogP) is -0.322. The van der Waals surface area contributed by atoms with Crippen molar-refractivity contribution < 1.29 is 82.5 Å². The number of esters is 2. The first-order valence-electron chi connectivity index (χ1n) is 17.7. The summed E-state index contributed by atoms with van der Waals surface area (Å²) in [5.74, 6) is -0.791. The number of thiazole rings is 2. The van der Waals surface area contributed by atoms with E-state index < -0.39 is 11.9 Å². The van der Waals surface area contributed by atoms with E-state index in [2.05, 4.69) is 69.8 Å². The minimum absolute atomic E-state index is 0. The smallest absolute Gasteiger partial charge is 0.337 e. The van der Waals surface area contributed by atoms with Crippen LogP contribution in [0, 0.1) is 0 Å². The Morgan fingerprint density at radius 1 is 0.517 bits per heavy atom. The molecule has 0 unspecified atom stereocenters. The van der Waals surface area contributed by atoms with Crippen molar-refractivity contribution in [2.45, 2.75) is 0 Å². The first kappa shape index (κ1) is 45.7. The van der Waals surface area contributed by atoms with Gasteiger partial charge in [-0.3, -0.25) is 0 Å². The third-order valence-electron chi connectivity index (χ3n) is 9.77. The molecule has 0 atom stereocenters. The number of carbonyl (C=O) groups is 2. The van der Waals surface area contributed by atoms with Crippen molar-refractivity contribution in [2.75, 3.05) is 14.2 Å². The number of nitrogens with zero attached hydrogens (tertiary/aromatic N) is 4. The molecule has 9 rings (SSSR count). The fourth-order valence-corrected chi connectivity index (χ4v) is 8.93. The number of halogens is 3. The number of H-pyrrole nitrogens is 2. The molecule has 10 nitrogen and oxygen atoms in total. The van der Waals surface area contributed by atoms with Crippen molar-refractivity contribution in [3.63, 3.8) is 0 Å². The second kappa shape index (κ2) is 18.9. The van der Waals surface area contributed by atoms with Gasteiger partial charge in [0.15, 0.2) is 12.4 Å². The number of aromatic amines is 2. The summed E-state index contributed by atoms with van der Waals surface area (Å²) in [6.07, 6.45) is 12.4. The van der Waals surface area contributed by atoms with Gasteiger partial charge in [-0.25, -0.2) is 19.6 Å². The number of aromatic nitrogens is 6. The van der Waals surface area contributed by atoms with Gasteiger partial charge >= 0.3 is 11.9 Å². The van der Waals surface area contributed by atoms with Crippen LogP contribution in [-0.2, 0) is 40.6 Å². The summed E-state index contributed by atoms with van der Waals surface area (Å²) in [6.45, 7) is 0. The SMILES string of the molecule is COC(=O)c1ccc(-c2c3nc(c(-c4c[n+](C)cs4)c4ccc([nH]4)c(-c4ccc(C(=O)OC)cc4)c4nc(c(-c5c[n+](C)cs5)c5ccc2[nH]5)C=C4)C=C3)cc1.[Cl-].[Cl-].[Cl-].[Mn]. The number of hydrogen-bond donors (Lipinski definition) is 2. The Balaban J connectivity index is 0.00000171. The third-order valence-corrected chi connectivity index (χ3v) is 11.8. The molecule has 0 spiro atoms. The average Bonchev–Trinajstić information content (AvgIpc) is 4.08. The number of aryl methyl sites for hydroxylation is 2. The van der Waals surface area contributed by atoms with E-state index in [0.717, 1.165) is 88.0 Å². The monoisotopic (exact) mass is 934 g/mol. The standard InChI is InChI=1S/C44H33N6O4S2.3ClH.Mn/c1-49-21-37(55-23-49)41-33-17-13-29(45-33)39(25-5-9-27(10-6-25)43(51)53-3)31-15-19-35(47-31)42(38-22-50(2)24-56-38)36-20-16-32(48-36)40(30-14-18-34(41)46-30)26-7-11-28(12-8-26)44(52)54-4;;;;/h5-24H,1-4H3,(H-,45,46,47,48,51,52);3*1H;/q+1;;;;/p-2. The van der Waals surface area contributed by atoms with Crippen LogP contribution in [0.1, 0.15) is 43.5 Å². The topological polar surface area (TPSA) is 118 Å². The number of hydrogen-bond acceptors (Lipinski definition) is 8. The molecule has 0 aliphatic carbocycles. The molecular weight excluding hydrogens is 902 g/mol. The van der Waals surface area contributed by atoms with Crippen molar-refractivity contribution in [1.82, 2.24) is 19.9 Å². The van der Waals surface area contributed by atoms with Crippen LogP contribution in [-0.4, -0.2) is 46.1 Å². The van der Waals surface area contributed by atoms with Gasteiger partial charge in [-0.1, -0.05) is 46.9 Å². The van der Waals surface area contributed by atoms with Gasteiger partial charge in [0.05, 0.1) is 48.1 Å².